The van der Waals surface area contributed by atoms with Gasteiger partial charge in [0.15, 0.2) is 6.10 Å². The molecule has 0 bridgehead atoms. The first kappa shape index (κ1) is 26.3. The van der Waals surface area contributed by atoms with Gasteiger partial charge in [-0.25, -0.2) is 9.59 Å². The Bertz CT molecular complexity index is 997. The van der Waals surface area contributed by atoms with Crippen molar-refractivity contribution in [3.63, 3.8) is 0 Å². The number of esters is 2. The van der Waals surface area contributed by atoms with E-state index in [1.54, 1.807) is 60.7 Å². The highest BCUT2D eigenvalue weighted by Crippen LogP contribution is 2.36. The summed E-state index contributed by atoms with van der Waals surface area (Å²) in [5, 5.41) is 7.95. The maximum absolute atomic E-state index is 12.7. The van der Waals surface area contributed by atoms with Gasteiger partial charge in [0.1, 0.15) is 6.61 Å². The first-order valence-electron chi connectivity index (χ1n) is 10.5. The number of halogens is 3. The molecule has 34 heavy (non-hydrogen) atoms. The Morgan fingerprint density at radius 1 is 0.882 bits per heavy atom. The highest BCUT2D eigenvalue weighted by molar-refractivity contribution is 6.76. The molecule has 7 nitrogen and oxygen atoms in total. The van der Waals surface area contributed by atoms with Crippen LogP contribution < -0.4 is 0 Å². The summed E-state index contributed by atoms with van der Waals surface area (Å²) in [6.45, 7) is 3.64. The molecule has 0 aromatic heterocycles. The molecule has 1 fully saturated rings. The summed E-state index contributed by atoms with van der Waals surface area (Å²) in [6.07, 6.45) is -2.80. The van der Waals surface area contributed by atoms with Crippen LogP contribution in [0.1, 0.15) is 34.6 Å². The average molecular weight is 529 g/mol. The zero-order chi connectivity index (χ0) is 24.9. The minimum Gasteiger partial charge on any atom is -0.459 e. The van der Waals surface area contributed by atoms with Crippen LogP contribution in [0.25, 0.3) is 0 Å². The van der Waals surface area contributed by atoms with Gasteiger partial charge in [-0.05, 0) is 30.2 Å². The molecule has 2 aromatic rings. The number of hydrogen-bond donors (Lipinski definition) is 1. The fourth-order valence-electron chi connectivity index (χ4n) is 3.47. The predicted octanol–water partition coefficient (Wildman–Crippen LogP) is 5.43. The maximum Gasteiger partial charge on any atom is 0.338 e. The van der Waals surface area contributed by atoms with E-state index in [0.717, 1.165) is 0 Å². The van der Waals surface area contributed by atoms with Gasteiger partial charge >= 0.3 is 11.9 Å². The molecule has 10 heteroatoms. The van der Waals surface area contributed by atoms with Crippen molar-refractivity contribution in [1.29, 1.82) is 5.41 Å². The van der Waals surface area contributed by atoms with Crippen LogP contribution in [-0.2, 0) is 18.9 Å². The molecule has 5 unspecified atom stereocenters. The SMILES string of the molecule is CC1C(COC(=O)c2ccccc2)OC(OC(=N)C(Cl)(Cl)Cl)C(OC(=O)c2ccccc2)C1C. The molecule has 182 valence electrons. The van der Waals surface area contributed by atoms with Crippen molar-refractivity contribution in [2.24, 2.45) is 11.8 Å². The zero-order valence-corrected chi connectivity index (χ0v) is 20.7. The summed E-state index contributed by atoms with van der Waals surface area (Å²) in [5.41, 5.74) is 0.746. The molecule has 1 N–H and O–H groups in total. The highest BCUT2D eigenvalue weighted by atomic mass is 35.6. The quantitative estimate of drug-likeness (QED) is 0.232. The summed E-state index contributed by atoms with van der Waals surface area (Å²) in [6, 6.07) is 17.0. The second-order valence-electron chi connectivity index (χ2n) is 7.91. The lowest BCUT2D eigenvalue weighted by Gasteiger charge is -2.43. The molecule has 0 radical (unpaired) electrons. The van der Waals surface area contributed by atoms with Gasteiger partial charge in [0.25, 0.3) is 3.79 Å². The maximum atomic E-state index is 12.7. The number of ether oxygens (including phenoxy) is 4. The van der Waals surface area contributed by atoms with Gasteiger partial charge in [0.05, 0.1) is 17.2 Å². The largest absolute Gasteiger partial charge is 0.459 e. The minimum atomic E-state index is -2.14. The van der Waals surface area contributed by atoms with E-state index >= 15 is 0 Å². The van der Waals surface area contributed by atoms with Crippen molar-refractivity contribution in [3.05, 3.63) is 71.8 Å². The number of alkyl halides is 3. The number of nitrogens with one attached hydrogen (secondary N) is 1. The Hall–Kier alpha value is -2.32. The van der Waals surface area contributed by atoms with Crippen molar-refractivity contribution < 1.29 is 28.5 Å². The molecule has 0 amide bonds. The minimum absolute atomic E-state index is 0.0838. The lowest BCUT2D eigenvalue weighted by molar-refractivity contribution is -0.249. The van der Waals surface area contributed by atoms with Gasteiger partial charge in [-0.1, -0.05) is 85.0 Å². The Kier molecular flexibility index (Phi) is 8.82. The van der Waals surface area contributed by atoms with Crippen LogP contribution in [-0.4, -0.2) is 46.7 Å². The van der Waals surface area contributed by atoms with E-state index in [1.807, 2.05) is 13.8 Å². The lowest BCUT2D eigenvalue weighted by atomic mass is 9.83. The third kappa shape index (κ3) is 6.63. The first-order valence-corrected chi connectivity index (χ1v) is 11.7. The Morgan fingerprint density at radius 3 is 1.94 bits per heavy atom. The second-order valence-corrected chi connectivity index (χ2v) is 10.2. The number of benzene rings is 2. The monoisotopic (exact) mass is 527 g/mol. The predicted molar refractivity (Wildman–Crippen MR) is 128 cm³/mol. The van der Waals surface area contributed by atoms with Crippen LogP contribution in [0.2, 0.25) is 0 Å². The van der Waals surface area contributed by atoms with Crippen LogP contribution in [0.15, 0.2) is 60.7 Å². The van der Waals surface area contributed by atoms with Crippen molar-refractivity contribution in [1.82, 2.24) is 0 Å². The molecule has 1 heterocycles. The summed E-state index contributed by atoms with van der Waals surface area (Å²) in [7, 11) is 0. The Morgan fingerprint density at radius 2 is 1.41 bits per heavy atom. The summed E-state index contributed by atoms with van der Waals surface area (Å²) < 4.78 is 20.5. The first-order chi connectivity index (χ1) is 16.1. The fourth-order valence-corrected chi connectivity index (χ4v) is 3.61. The van der Waals surface area contributed by atoms with E-state index in [4.69, 9.17) is 59.2 Å². The van der Waals surface area contributed by atoms with Crippen LogP contribution in [0.3, 0.4) is 0 Å². The van der Waals surface area contributed by atoms with Crippen LogP contribution in [0.4, 0.5) is 0 Å². The standard InChI is InChI=1S/C24H24Cl3NO6/c1-14-15(2)19(33-21(30)17-11-7-4-8-12-17)22(34-23(28)24(25,26)27)32-18(14)13-31-20(29)16-9-5-3-6-10-16/h3-12,14-15,18-19,22,28H,13H2,1-2H3. The smallest absolute Gasteiger partial charge is 0.338 e. The molecule has 0 spiro atoms. The molecule has 0 saturated carbocycles. The van der Waals surface area contributed by atoms with E-state index in [-0.39, 0.29) is 18.4 Å². The molecule has 1 saturated heterocycles. The lowest BCUT2D eigenvalue weighted by Crippen LogP contribution is -2.54. The molecule has 1 aliphatic rings. The van der Waals surface area contributed by atoms with Gasteiger partial charge in [0.2, 0.25) is 12.2 Å². The summed E-state index contributed by atoms with van der Waals surface area (Å²) in [4.78, 5) is 25.1. The van der Waals surface area contributed by atoms with Gasteiger partial charge in [-0.3, -0.25) is 5.41 Å². The van der Waals surface area contributed by atoms with Gasteiger partial charge in [-0.15, -0.1) is 0 Å². The second kappa shape index (κ2) is 11.4. The molecular formula is C24H24Cl3NO6. The van der Waals surface area contributed by atoms with Crippen LogP contribution >= 0.6 is 34.8 Å². The molecule has 1 aliphatic heterocycles. The van der Waals surface area contributed by atoms with Crippen molar-refractivity contribution in [2.75, 3.05) is 6.61 Å². The van der Waals surface area contributed by atoms with E-state index < -0.39 is 40.1 Å². The molecule has 5 atom stereocenters. The van der Waals surface area contributed by atoms with E-state index in [9.17, 15) is 9.59 Å². The van der Waals surface area contributed by atoms with Crippen LogP contribution in [0, 0.1) is 17.2 Å². The number of carbonyl (C=O) groups is 2. The third-order valence-electron chi connectivity index (χ3n) is 5.64. The van der Waals surface area contributed by atoms with Crippen molar-refractivity contribution >= 4 is 52.6 Å². The van der Waals surface area contributed by atoms with Crippen molar-refractivity contribution in [2.45, 2.75) is 36.1 Å². The van der Waals surface area contributed by atoms with E-state index in [2.05, 4.69) is 0 Å². The number of hydrogen-bond acceptors (Lipinski definition) is 7. The summed E-state index contributed by atoms with van der Waals surface area (Å²) >= 11 is 17.3. The van der Waals surface area contributed by atoms with Crippen molar-refractivity contribution in [3.8, 4) is 0 Å². The molecular weight excluding hydrogens is 505 g/mol. The van der Waals surface area contributed by atoms with Gasteiger partial charge in [0, 0.05) is 5.92 Å². The normalized spacial score (nSPS) is 24.7. The van der Waals surface area contributed by atoms with Gasteiger partial charge < -0.3 is 18.9 Å². The Labute approximate surface area is 212 Å². The molecule has 0 aliphatic carbocycles. The Balaban J connectivity index is 1.76. The van der Waals surface area contributed by atoms with Gasteiger partial charge in [-0.2, -0.15) is 0 Å². The zero-order valence-electron chi connectivity index (χ0n) is 18.5. The highest BCUT2D eigenvalue weighted by Gasteiger charge is 2.47. The fraction of sp³-hybridized carbons (Fsp3) is 0.375. The average Bonchev–Trinajstić information content (AvgIpc) is 2.82. The van der Waals surface area contributed by atoms with Crippen LogP contribution in [0.5, 0.6) is 0 Å². The number of rotatable bonds is 6. The third-order valence-corrected chi connectivity index (χ3v) is 6.16. The topological polar surface area (TPSA) is 94.9 Å². The molecule has 2 aromatic carbocycles. The number of carbonyl (C=O) groups excluding carboxylic acids is 2. The van der Waals surface area contributed by atoms with E-state index in [0.29, 0.717) is 11.1 Å². The van der Waals surface area contributed by atoms with E-state index in [1.165, 1.54) is 0 Å². The summed E-state index contributed by atoms with van der Waals surface area (Å²) in [5.74, 6) is -2.30. The molecule has 3 rings (SSSR count).